The molecule has 0 saturated heterocycles. The molecule has 0 aliphatic rings. The number of anilines is 1. The van der Waals surface area contributed by atoms with Crippen molar-refractivity contribution in [2.45, 2.75) is 0 Å². The smallest absolute Gasteiger partial charge is 0.399 e. The van der Waals surface area contributed by atoms with Gasteiger partial charge in [0.25, 0.3) is 0 Å². The first kappa shape index (κ1) is 7.60. The fourth-order valence-electron chi connectivity index (χ4n) is 1.12. The summed E-state index contributed by atoms with van der Waals surface area (Å²) in [6.07, 6.45) is 0. The van der Waals surface area contributed by atoms with Gasteiger partial charge in [-0.15, -0.1) is 0 Å². The second kappa shape index (κ2) is 2.48. The lowest BCUT2D eigenvalue weighted by molar-refractivity contribution is 0.460. The van der Waals surface area contributed by atoms with Crippen LogP contribution in [0, 0.1) is 0 Å². The van der Waals surface area contributed by atoms with Crippen LogP contribution in [0.5, 0.6) is 0 Å². The monoisotopic (exact) mass is 178 g/mol. The van der Waals surface area contributed by atoms with E-state index in [-0.39, 0.29) is 0 Å². The lowest BCUT2D eigenvalue weighted by atomic mass is 10.2. The summed E-state index contributed by atoms with van der Waals surface area (Å²) in [6, 6.07) is 4.58. The van der Waals surface area contributed by atoms with Crippen LogP contribution in [-0.4, -0.2) is 4.98 Å². The van der Waals surface area contributed by atoms with Crippen molar-refractivity contribution in [1.29, 1.82) is 0 Å². The van der Waals surface area contributed by atoms with Crippen molar-refractivity contribution in [2.24, 2.45) is 0 Å². The third kappa shape index (κ3) is 1.20. The summed E-state index contributed by atoms with van der Waals surface area (Å²) in [5.74, 6) is -0.775. The van der Waals surface area contributed by atoms with Crippen molar-refractivity contribution in [1.82, 2.24) is 4.98 Å². The number of hydrogen-bond donors (Lipinski definition) is 2. The Balaban J connectivity index is 3.03. The summed E-state index contributed by atoms with van der Waals surface area (Å²) >= 11 is 0. The molecule has 1 aromatic carbocycles. The van der Waals surface area contributed by atoms with E-state index in [1.165, 1.54) is 12.1 Å². The standard InChI is InChI=1S/C8H6N2O3/c9-4-1-2-5-6(3-4)10-8(12)13-7(5)11/h1-3H,9H2,(H,10,12). The fraction of sp³-hybridized carbons (Fsp3) is 0. The number of nitrogen functional groups attached to an aromatic ring is 1. The number of hydrogen-bond acceptors (Lipinski definition) is 4. The van der Waals surface area contributed by atoms with Crippen LogP contribution in [0.15, 0.2) is 32.2 Å². The molecule has 0 radical (unpaired) electrons. The number of fused-ring (bicyclic) bond motifs is 1. The number of aromatic amines is 1. The van der Waals surface area contributed by atoms with Crippen LogP contribution in [0.25, 0.3) is 10.9 Å². The van der Waals surface area contributed by atoms with Crippen molar-refractivity contribution < 1.29 is 4.42 Å². The third-order valence-electron chi connectivity index (χ3n) is 1.69. The Bertz CT molecular complexity index is 567. The minimum atomic E-state index is -0.775. The first-order valence-corrected chi connectivity index (χ1v) is 3.59. The second-order valence-electron chi connectivity index (χ2n) is 2.61. The molecule has 0 unspecified atom stereocenters. The normalized spacial score (nSPS) is 10.5. The highest BCUT2D eigenvalue weighted by Crippen LogP contribution is 2.09. The van der Waals surface area contributed by atoms with E-state index >= 15 is 0 Å². The number of aromatic nitrogens is 1. The number of benzene rings is 1. The predicted octanol–water partition coefficient (Wildman–Crippen LogP) is 0.0635. The van der Waals surface area contributed by atoms with Crippen LogP contribution >= 0.6 is 0 Å². The number of H-pyrrole nitrogens is 1. The van der Waals surface area contributed by atoms with Gasteiger partial charge in [-0.1, -0.05) is 0 Å². The van der Waals surface area contributed by atoms with E-state index < -0.39 is 11.4 Å². The van der Waals surface area contributed by atoms with Gasteiger partial charge in [-0.05, 0) is 18.2 Å². The lowest BCUT2D eigenvalue weighted by Crippen LogP contribution is -2.14. The molecule has 13 heavy (non-hydrogen) atoms. The van der Waals surface area contributed by atoms with E-state index in [0.29, 0.717) is 16.6 Å². The highest BCUT2D eigenvalue weighted by molar-refractivity contribution is 5.79. The molecule has 5 nitrogen and oxygen atoms in total. The van der Waals surface area contributed by atoms with Crippen LogP contribution in [0.3, 0.4) is 0 Å². The maximum Gasteiger partial charge on any atom is 0.419 e. The molecule has 0 saturated carbocycles. The molecular weight excluding hydrogens is 172 g/mol. The Kier molecular flexibility index (Phi) is 1.45. The first-order chi connectivity index (χ1) is 6.16. The van der Waals surface area contributed by atoms with Crippen LogP contribution in [0.1, 0.15) is 0 Å². The van der Waals surface area contributed by atoms with Gasteiger partial charge in [0.05, 0.1) is 10.9 Å². The minimum absolute atomic E-state index is 0.314. The van der Waals surface area contributed by atoms with Crippen molar-refractivity contribution >= 4 is 16.6 Å². The Labute approximate surface area is 71.8 Å². The maximum atomic E-state index is 11.1. The molecule has 2 rings (SSSR count). The molecule has 0 aliphatic heterocycles. The fourth-order valence-corrected chi connectivity index (χ4v) is 1.12. The van der Waals surface area contributed by atoms with E-state index in [9.17, 15) is 9.59 Å². The molecule has 0 atom stereocenters. The van der Waals surface area contributed by atoms with Gasteiger partial charge in [-0.25, -0.2) is 9.59 Å². The summed E-state index contributed by atoms with van der Waals surface area (Å²) < 4.78 is 4.32. The van der Waals surface area contributed by atoms with Crippen molar-refractivity contribution in [3.8, 4) is 0 Å². The van der Waals surface area contributed by atoms with Gasteiger partial charge in [0.15, 0.2) is 0 Å². The molecule has 5 heteroatoms. The summed E-state index contributed by atoms with van der Waals surface area (Å²) in [5.41, 5.74) is 5.69. The van der Waals surface area contributed by atoms with Gasteiger partial charge < -0.3 is 10.2 Å². The summed E-state index contributed by atoms with van der Waals surface area (Å²) in [4.78, 5) is 24.2. The molecule has 0 fully saturated rings. The summed E-state index contributed by atoms with van der Waals surface area (Å²) in [6.45, 7) is 0. The lowest BCUT2D eigenvalue weighted by Gasteiger charge is -1.95. The van der Waals surface area contributed by atoms with E-state index in [0.717, 1.165) is 0 Å². The van der Waals surface area contributed by atoms with Crippen molar-refractivity contribution in [3.05, 3.63) is 39.2 Å². The second-order valence-corrected chi connectivity index (χ2v) is 2.61. The van der Waals surface area contributed by atoms with Gasteiger partial charge in [-0.3, -0.25) is 4.98 Å². The van der Waals surface area contributed by atoms with Crippen LogP contribution < -0.4 is 17.1 Å². The van der Waals surface area contributed by atoms with Gasteiger partial charge >= 0.3 is 11.4 Å². The quantitative estimate of drug-likeness (QED) is 0.558. The molecular formula is C8H6N2O3. The van der Waals surface area contributed by atoms with Crippen LogP contribution in [0.2, 0.25) is 0 Å². The molecule has 66 valence electrons. The maximum absolute atomic E-state index is 11.1. The number of rotatable bonds is 0. The Hall–Kier alpha value is -2.04. The van der Waals surface area contributed by atoms with Gasteiger partial charge in [-0.2, -0.15) is 0 Å². The van der Waals surface area contributed by atoms with E-state index in [1.807, 2.05) is 0 Å². The van der Waals surface area contributed by atoms with Crippen molar-refractivity contribution in [3.63, 3.8) is 0 Å². The molecule has 0 amide bonds. The van der Waals surface area contributed by atoms with Crippen LogP contribution in [-0.2, 0) is 0 Å². The topological polar surface area (TPSA) is 89.1 Å². The SMILES string of the molecule is Nc1ccc2c(=O)oc(=O)[nH]c2c1. The van der Waals surface area contributed by atoms with Gasteiger partial charge in [0, 0.05) is 5.69 Å². The summed E-state index contributed by atoms with van der Waals surface area (Å²) in [5, 5.41) is 0.314. The third-order valence-corrected chi connectivity index (χ3v) is 1.69. The van der Waals surface area contributed by atoms with E-state index in [2.05, 4.69) is 9.40 Å². The Morgan fingerprint density at radius 3 is 2.85 bits per heavy atom. The highest BCUT2D eigenvalue weighted by Gasteiger charge is 2.01. The molecule has 0 aliphatic carbocycles. The zero-order valence-electron chi connectivity index (χ0n) is 6.53. The molecule has 2 aromatic rings. The molecule has 0 spiro atoms. The van der Waals surface area contributed by atoms with Crippen LogP contribution in [0.4, 0.5) is 5.69 Å². The average molecular weight is 178 g/mol. The van der Waals surface area contributed by atoms with Gasteiger partial charge in [0.2, 0.25) is 0 Å². The summed E-state index contributed by atoms with van der Waals surface area (Å²) in [7, 11) is 0. The Morgan fingerprint density at radius 1 is 1.31 bits per heavy atom. The van der Waals surface area contributed by atoms with Crippen molar-refractivity contribution in [2.75, 3.05) is 5.73 Å². The number of nitrogens with two attached hydrogens (primary N) is 1. The largest absolute Gasteiger partial charge is 0.419 e. The number of nitrogens with one attached hydrogen (secondary N) is 1. The highest BCUT2D eigenvalue weighted by atomic mass is 16.4. The molecule has 0 bridgehead atoms. The van der Waals surface area contributed by atoms with E-state index in [4.69, 9.17) is 5.73 Å². The molecule has 1 aromatic heterocycles. The Morgan fingerprint density at radius 2 is 2.08 bits per heavy atom. The zero-order chi connectivity index (χ0) is 9.42. The van der Waals surface area contributed by atoms with Gasteiger partial charge in [0.1, 0.15) is 0 Å². The average Bonchev–Trinajstić information content (AvgIpc) is 2.02. The molecule has 3 N–H and O–H groups in total. The molecule has 1 heterocycles. The minimum Gasteiger partial charge on any atom is -0.399 e. The zero-order valence-corrected chi connectivity index (χ0v) is 6.53. The van der Waals surface area contributed by atoms with E-state index in [1.54, 1.807) is 6.07 Å². The predicted molar refractivity (Wildman–Crippen MR) is 47.5 cm³/mol. The first-order valence-electron chi connectivity index (χ1n) is 3.59.